The van der Waals surface area contributed by atoms with E-state index in [-0.39, 0.29) is 11.2 Å². The fourth-order valence-corrected chi connectivity index (χ4v) is 4.06. The Kier molecular flexibility index (Phi) is 4.81. The van der Waals surface area contributed by atoms with Crippen LogP contribution in [0, 0.1) is 6.92 Å². The summed E-state index contributed by atoms with van der Waals surface area (Å²) in [6.07, 6.45) is 1.00. The number of phenolic OH excluding ortho intramolecular Hbond substituents is 1. The van der Waals surface area contributed by atoms with Crippen LogP contribution in [0.5, 0.6) is 5.75 Å². The van der Waals surface area contributed by atoms with Crippen molar-refractivity contribution in [2.45, 2.75) is 27.2 Å². The molecule has 2 N–H and O–H groups in total. The van der Waals surface area contributed by atoms with Crippen molar-refractivity contribution in [3.63, 3.8) is 0 Å². The molecule has 0 saturated heterocycles. The number of pyridine rings is 1. The van der Waals surface area contributed by atoms with Gasteiger partial charge < -0.3 is 15.3 Å². The van der Waals surface area contributed by atoms with Crippen LogP contribution >= 0.6 is 0 Å². The molecule has 0 radical (unpaired) electrons. The van der Waals surface area contributed by atoms with Crippen molar-refractivity contribution in [1.29, 1.82) is 0 Å². The third-order valence-electron chi connectivity index (χ3n) is 5.54. The fraction of sp³-hybridized carbons (Fsp3) is 0.364. The zero-order chi connectivity index (χ0) is 19.8. The van der Waals surface area contributed by atoms with Crippen molar-refractivity contribution in [2.24, 2.45) is 0 Å². The van der Waals surface area contributed by atoms with Crippen LogP contribution in [0.1, 0.15) is 26.1 Å². The fourth-order valence-electron chi connectivity index (χ4n) is 4.06. The van der Waals surface area contributed by atoms with Crippen molar-refractivity contribution in [2.75, 3.05) is 31.5 Å². The molecule has 2 aromatic carbocycles. The number of benzene rings is 2. The van der Waals surface area contributed by atoms with Gasteiger partial charge in [0.15, 0.2) is 5.43 Å². The van der Waals surface area contributed by atoms with Crippen LogP contribution in [-0.2, 0) is 0 Å². The van der Waals surface area contributed by atoms with Crippen molar-refractivity contribution in [1.82, 2.24) is 14.3 Å². The Bertz CT molecular complexity index is 1190. The summed E-state index contributed by atoms with van der Waals surface area (Å²) < 4.78 is 2.02. The molecule has 0 fully saturated rings. The number of aromatic hydroxyl groups is 1. The highest BCUT2D eigenvalue weighted by Gasteiger charge is 2.18. The number of nitrogens with one attached hydrogen (secondary N) is 1. The Morgan fingerprint density at radius 2 is 1.96 bits per heavy atom. The lowest BCUT2D eigenvalue weighted by atomic mass is 10.1. The molecule has 0 spiro atoms. The number of hydrogen-bond donors (Lipinski definition) is 2. The quantitative estimate of drug-likeness (QED) is 0.380. The standard InChI is InChI=1S/C22H26N4O2/c1-4-25(5-2)12-6-11-23-17-8-9-18-21-20(17)22(28)16-13-15(27)7-10-19(16)26(21)14(3)24-18/h7-10,13,23,27H,4-6,11-12H2,1-3H3. The van der Waals surface area contributed by atoms with E-state index in [4.69, 9.17) is 0 Å². The molecule has 0 bridgehead atoms. The van der Waals surface area contributed by atoms with E-state index in [2.05, 4.69) is 29.0 Å². The number of imidazole rings is 1. The van der Waals surface area contributed by atoms with E-state index in [0.29, 0.717) is 10.8 Å². The van der Waals surface area contributed by atoms with Gasteiger partial charge in [-0.05, 0) is 63.3 Å². The summed E-state index contributed by atoms with van der Waals surface area (Å²) in [7, 11) is 0. The molecule has 2 heterocycles. The lowest BCUT2D eigenvalue weighted by molar-refractivity contribution is 0.303. The lowest BCUT2D eigenvalue weighted by Gasteiger charge is -2.18. The highest BCUT2D eigenvalue weighted by Crippen LogP contribution is 2.30. The molecule has 6 heteroatoms. The summed E-state index contributed by atoms with van der Waals surface area (Å²) in [5, 5.41) is 14.5. The first kappa shape index (κ1) is 18.5. The number of hydrogen-bond acceptors (Lipinski definition) is 5. The van der Waals surface area contributed by atoms with Gasteiger partial charge in [0, 0.05) is 12.2 Å². The molecule has 4 aromatic rings. The van der Waals surface area contributed by atoms with Crippen molar-refractivity contribution in [3.8, 4) is 5.75 Å². The molecular weight excluding hydrogens is 352 g/mol. The summed E-state index contributed by atoms with van der Waals surface area (Å²) in [4.78, 5) is 20.3. The van der Waals surface area contributed by atoms with Gasteiger partial charge in [-0.25, -0.2) is 4.98 Å². The number of anilines is 1. The van der Waals surface area contributed by atoms with Crippen LogP contribution in [0.2, 0.25) is 0 Å². The van der Waals surface area contributed by atoms with Gasteiger partial charge in [0.05, 0.1) is 27.3 Å². The van der Waals surface area contributed by atoms with Crippen molar-refractivity contribution >= 4 is 33.0 Å². The van der Waals surface area contributed by atoms with Crippen LogP contribution in [0.3, 0.4) is 0 Å². The Morgan fingerprint density at radius 1 is 1.18 bits per heavy atom. The number of aromatic nitrogens is 2. The largest absolute Gasteiger partial charge is 0.508 e. The first-order valence-electron chi connectivity index (χ1n) is 9.91. The maximum absolute atomic E-state index is 13.3. The van der Waals surface area contributed by atoms with Gasteiger partial charge >= 0.3 is 0 Å². The highest BCUT2D eigenvalue weighted by molar-refractivity contribution is 6.07. The van der Waals surface area contributed by atoms with E-state index in [1.165, 1.54) is 0 Å². The Hall–Kier alpha value is -2.86. The van der Waals surface area contributed by atoms with Crippen LogP contribution in [0.15, 0.2) is 35.1 Å². The predicted molar refractivity (Wildman–Crippen MR) is 115 cm³/mol. The smallest absolute Gasteiger partial charge is 0.199 e. The molecular formula is C22H26N4O2. The Morgan fingerprint density at radius 3 is 2.71 bits per heavy atom. The first-order valence-corrected chi connectivity index (χ1v) is 9.91. The molecule has 0 atom stereocenters. The molecule has 6 nitrogen and oxygen atoms in total. The zero-order valence-corrected chi connectivity index (χ0v) is 16.6. The molecule has 146 valence electrons. The summed E-state index contributed by atoms with van der Waals surface area (Å²) >= 11 is 0. The molecule has 4 rings (SSSR count). The number of aryl methyl sites for hydroxylation is 1. The SMILES string of the molecule is CCN(CC)CCCNc1ccc2nc(C)n3c4ccc(O)cc4c(=O)c1c23. The number of nitrogens with zero attached hydrogens (tertiary/aromatic N) is 3. The van der Waals surface area contributed by atoms with Gasteiger partial charge in [-0.15, -0.1) is 0 Å². The maximum atomic E-state index is 13.3. The monoisotopic (exact) mass is 378 g/mol. The molecule has 0 unspecified atom stereocenters. The Labute approximate surface area is 163 Å². The number of rotatable bonds is 7. The van der Waals surface area contributed by atoms with Gasteiger partial charge in [0.25, 0.3) is 0 Å². The second-order valence-electron chi connectivity index (χ2n) is 7.19. The summed E-state index contributed by atoms with van der Waals surface area (Å²) in [6.45, 7) is 10.2. The van der Waals surface area contributed by atoms with Gasteiger partial charge in [0.2, 0.25) is 0 Å². The highest BCUT2D eigenvalue weighted by atomic mass is 16.3. The van der Waals surface area contributed by atoms with Gasteiger partial charge in [-0.2, -0.15) is 0 Å². The second kappa shape index (κ2) is 7.28. The number of fused-ring (bicyclic) bond motifs is 2. The van der Waals surface area contributed by atoms with Crippen LogP contribution in [0.25, 0.3) is 27.3 Å². The van der Waals surface area contributed by atoms with E-state index in [9.17, 15) is 9.90 Å². The molecule has 2 aromatic heterocycles. The normalized spacial score (nSPS) is 12.0. The maximum Gasteiger partial charge on any atom is 0.199 e. The zero-order valence-electron chi connectivity index (χ0n) is 16.6. The van der Waals surface area contributed by atoms with Crippen LogP contribution in [-0.4, -0.2) is 45.6 Å². The van der Waals surface area contributed by atoms with E-state index in [0.717, 1.165) is 60.7 Å². The van der Waals surface area contributed by atoms with E-state index in [1.54, 1.807) is 18.2 Å². The van der Waals surface area contributed by atoms with Crippen molar-refractivity contribution in [3.05, 3.63) is 46.4 Å². The molecule has 0 aliphatic carbocycles. The topological polar surface area (TPSA) is 69.9 Å². The minimum absolute atomic E-state index is 0.0739. The molecule has 0 aliphatic rings. The second-order valence-corrected chi connectivity index (χ2v) is 7.19. The summed E-state index contributed by atoms with van der Waals surface area (Å²) in [5.41, 5.74) is 3.18. The minimum atomic E-state index is -0.0739. The molecule has 0 amide bonds. The van der Waals surface area contributed by atoms with E-state index >= 15 is 0 Å². The Balaban J connectivity index is 1.81. The first-order chi connectivity index (χ1) is 13.5. The molecule has 0 aliphatic heterocycles. The summed E-state index contributed by atoms with van der Waals surface area (Å²) in [6, 6.07) is 8.84. The average molecular weight is 378 g/mol. The van der Waals surface area contributed by atoms with Gasteiger partial charge in [-0.3, -0.25) is 9.20 Å². The predicted octanol–water partition coefficient (Wildman–Crippen LogP) is 3.60. The minimum Gasteiger partial charge on any atom is -0.508 e. The van der Waals surface area contributed by atoms with Crippen LogP contribution < -0.4 is 10.7 Å². The average Bonchev–Trinajstić information content (AvgIpc) is 3.03. The van der Waals surface area contributed by atoms with Crippen LogP contribution in [0.4, 0.5) is 5.69 Å². The third kappa shape index (κ3) is 2.94. The third-order valence-corrected chi connectivity index (χ3v) is 5.54. The van der Waals surface area contributed by atoms with E-state index in [1.807, 2.05) is 23.5 Å². The summed E-state index contributed by atoms with van der Waals surface area (Å²) in [5.74, 6) is 0.920. The van der Waals surface area contributed by atoms with Crippen molar-refractivity contribution < 1.29 is 5.11 Å². The van der Waals surface area contributed by atoms with E-state index < -0.39 is 0 Å². The van der Waals surface area contributed by atoms with Gasteiger partial charge in [0.1, 0.15) is 11.6 Å². The number of phenols is 1. The molecule has 0 saturated carbocycles. The van der Waals surface area contributed by atoms with Gasteiger partial charge in [-0.1, -0.05) is 13.8 Å². The lowest BCUT2D eigenvalue weighted by Crippen LogP contribution is -2.25. The molecule has 28 heavy (non-hydrogen) atoms.